The van der Waals surface area contributed by atoms with Crippen molar-refractivity contribution < 1.29 is 14.7 Å². The van der Waals surface area contributed by atoms with Crippen LogP contribution in [0.3, 0.4) is 0 Å². The van der Waals surface area contributed by atoms with Gasteiger partial charge in [-0.2, -0.15) is 0 Å². The fourth-order valence-electron chi connectivity index (χ4n) is 4.22. The summed E-state index contributed by atoms with van der Waals surface area (Å²) >= 11 is 0. The molecule has 3 aromatic heterocycles. The maximum Gasteiger partial charge on any atom is 0.277 e. The zero-order valence-electron chi connectivity index (χ0n) is 20.6. The number of fused-ring (bicyclic) bond motifs is 1. The van der Waals surface area contributed by atoms with Crippen molar-refractivity contribution >= 4 is 34.5 Å². The summed E-state index contributed by atoms with van der Waals surface area (Å²) < 4.78 is 7.62. The Balaban J connectivity index is 1.55. The van der Waals surface area contributed by atoms with Crippen LogP contribution in [0.4, 0.5) is 17.5 Å². The molecular formula is C24H28N10O3. The SMILES string of the molecule is CCn1c(CN(C)c2ncc(C(=O)NO)cn2)nc2c(N3CCOCC3)nc(-c3ccc(N)cc3)nc21. The normalized spacial score (nSPS) is 13.6. The van der Waals surface area contributed by atoms with E-state index in [1.807, 2.05) is 43.1 Å². The summed E-state index contributed by atoms with van der Waals surface area (Å²) in [5.41, 5.74) is 10.6. The molecular weight excluding hydrogens is 476 g/mol. The minimum Gasteiger partial charge on any atom is -0.399 e. The molecule has 0 unspecified atom stereocenters. The average Bonchev–Trinajstić information content (AvgIpc) is 3.29. The Morgan fingerprint density at radius 1 is 1.14 bits per heavy atom. The molecule has 0 spiro atoms. The number of nitrogens with zero attached hydrogens (tertiary/aromatic N) is 8. The molecule has 13 heteroatoms. The van der Waals surface area contributed by atoms with Crippen LogP contribution < -0.4 is 21.0 Å². The summed E-state index contributed by atoms with van der Waals surface area (Å²) in [4.78, 5) is 38.9. The molecule has 13 nitrogen and oxygen atoms in total. The number of hydrogen-bond donors (Lipinski definition) is 3. The quantitative estimate of drug-likeness (QED) is 0.190. The number of carbonyl (C=O) groups excluding carboxylic acids is 1. The number of benzene rings is 1. The molecule has 0 saturated carbocycles. The number of anilines is 3. The molecule has 5 rings (SSSR count). The van der Waals surface area contributed by atoms with E-state index in [-0.39, 0.29) is 5.56 Å². The lowest BCUT2D eigenvalue weighted by Crippen LogP contribution is -2.37. The Labute approximate surface area is 212 Å². The number of amides is 1. The molecule has 37 heavy (non-hydrogen) atoms. The summed E-state index contributed by atoms with van der Waals surface area (Å²) in [5.74, 6) is 1.88. The van der Waals surface area contributed by atoms with Crippen LogP contribution in [0.15, 0.2) is 36.7 Å². The van der Waals surface area contributed by atoms with E-state index in [1.54, 1.807) is 5.48 Å². The van der Waals surface area contributed by atoms with E-state index in [0.717, 1.165) is 28.4 Å². The van der Waals surface area contributed by atoms with Gasteiger partial charge in [0.15, 0.2) is 22.8 Å². The van der Waals surface area contributed by atoms with Gasteiger partial charge in [-0.05, 0) is 31.2 Å². The van der Waals surface area contributed by atoms with Gasteiger partial charge in [-0.25, -0.2) is 30.4 Å². The first-order chi connectivity index (χ1) is 18.0. The second kappa shape index (κ2) is 10.3. The van der Waals surface area contributed by atoms with E-state index in [1.165, 1.54) is 12.4 Å². The van der Waals surface area contributed by atoms with E-state index >= 15 is 0 Å². The van der Waals surface area contributed by atoms with Crippen LogP contribution in [0.1, 0.15) is 23.1 Å². The number of rotatable bonds is 7. The number of aromatic nitrogens is 6. The summed E-state index contributed by atoms with van der Waals surface area (Å²) in [6.45, 7) is 5.75. The monoisotopic (exact) mass is 504 g/mol. The fraction of sp³-hybridized carbons (Fsp3) is 0.333. The van der Waals surface area contributed by atoms with E-state index < -0.39 is 5.91 Å². The Morgan fingerprint density at radius 2 is 1.84 bits per heavy atom. The third-order valence-corrected chi connectivity index (χ3v) is 6.17. The van der Waals surface area contributed by atoms with Crippen molar-refractivity contribution in [3.05, 3.63) is 48.0 Å². The van der Waals surface area contributed by atoms with Crippen molar-refractivity contribution in [3.8, 4) is 11.4 Å². The van der Waals surface area contributed by atoms with Crippen molar-refractivity contribution in [1.29, 1.82) is 0 Å². The lowest BCUT2D eigenvalue weighted by Gasteiger charge is -2.28. The predicted octanol–water partition coefficient (Wildman–Crippen LogP) is 1.48. The number of nitrogen functional groups attached to an aromatic ring is 1. The van der Waals surface area contributed by atoms with Crippen LogP contribution >= 0.6 is 0 Å². The molecule has 0 bridgehead atoms. The second-order valence-electron chi connectivity index (χ2n) is 8.61. The Kier molecular flexibility index (Phi) is 6.79. The average molecular weight is 505 g/mol. The third kappa shape index (κ3) is 4.86. The van der Waals surface area contributed by atoms with Gasteiger partial charge in [-0.1, -0.05) is 0 Å². The van der Waals surface area contributed by atoms with Gasteiger partial charge in [0.2, 0.25) is 5.95 Å². The first-order valence-corrected chi connectivity index (χ1v) is 11.9. The van der Waals surface area contributed by atoms with Gasteiger partial charge in [0, 0.05) is 50.3 Å². The van der Waals surface area contributed by atoms with Crippen molar-refractivity contribution in [2.45, 2.75) is 20.0 Å². The van der Waals surface area contributed by atoms with Crippen LogP contribution in [0.25, 0.3) is 22.6 Å². The lowest BCUT2D eigenvalue weighted by atomic mass is 10.2. The molecule has 1 aliphatic rings. The van der Waals surface area contributed by atoms with Gasteiger partial charge in [-0.3, -0.25) is 10.0 Å². The maximum absolute atomic E-state index is 11.6. The molecule has 4 heterocycles. The molecule has 0 radical (unpaired) electrons. The standard InChI is InChI=1S/C24H28N10O3/c1-3-34-18(14-32(2)24-26-12-16(13-27-24)23(35)31-36)28-19-21(33-8-10-37-11-9-33)29-20(30-22(19)34)15-4-6-17(25)7-5-15/h4-7,12-13,36H,3,8-11,14,25H2,1-2H3,(H,31,35). The molecule has 4 aromatic rings. The topological polar surface area (TPSA) is 160 Å². The number of nitrogens with one attached hydrogen (secondary N) is 1. The van der Waals surface area contributed by atoms with Crippen molar-refractivity contribution in [1.82, 2.24) is 35.0 Å². The van der Waals surface area contributed by atoms with Crippen LogP contribution in [0.2, 0.25) is 0 Å². The Bertz CT molecular complexity index is 1400. The minimum absolute atomic E-state index is 0.154. The highest BCUT2D eigenvalue weighted by molar-refractivity contribution is 5.92. The van der Waals surface area contributed by atoms with Crippen LogP contribution in [-0.2, 0) is 17.8 Å². The first-order valence-electron chi connectivity index (χ1n) is 11.9. The molecule has 1 amide bonds. The first kappa shape index (κ1) is 24.3. The zero-order valence-corrected chi connectivity index (χ0v) is 20.6. The maximum atomic E-state index is 11.6. The van der Waals surface area contributed by atoms with E-state index in [9.17, 15) is 4.79 Å². The van der Waals surface area contributed by atoms with Gasteiger partial charge in [0.05, 0.1) is 25.3 Å². The predicted molar refractivity (Wildman–Crippen MR) is 137 cm³/mol. The van der Waals surface area contributed by atoms with Crippen molar-refractivity contribution in [3.63, 3.8) is 0 Å². The van der Waals surface area contributed by atoms with E-state index in [2.05, 4.69) is 19.4 Å². The van der Waals surface area contributed by atoms with E-state index in [0.29, 0.717) is 56.9 Å². The number of morpholine rings is 1. The molecule has 1 fully saturated rings. The molecule has 192 valence electrons. The molecule has 1 aliphatic heterocycles. The highest BCUT2D eigenvalue weighted by Gasteiger charge is 2.24. The van der Waals surface area contributed by atoms with Crippen LogP contribution in [-0.4, -0.2) is 74.0 Å². The van der Waals surface area contributed by atoms with Gasteiger partial charge in [0.1, 0.15) is 5.82 Å². The Hall–Kier alpha value is -4.36. The number of hydrogen-bond acceptors (Lipinski definition) is 11. The van der Waals surface area contributed by atoms with E-state index in [4.69, 9.17) is 30.6 Å². The molecule has 0 aliphatic carbocycles. The molecule has 4 N–H and O–H groups in total. The van der Waals surface area contributed by atoms with Crippen LogP contribution in [0, 0.1) is 0 Å². The lowest BCUT2D eigenvalue weighted by molar-refractivity contribution is 0.0705. The molecule has 1 saturated heterocycles. The van der Waals surface area contributed by atoms with Crippen LogP contribution in [0.5, 0.6) is 0 Å². The number of aryl methyl sites for hydroxylation is 1. The third-order valence-electron chi connectivity index (χ3n) is 6.17. The number of ether oxygens (including phenoxy) is 1. The summed E-state index contributed by atoms with van der Waals surface area (Å²) in [7, 11) is 1.84. The molecule has 1 aromatic carbocycles. The highest BCUT2D eigenvalue weighted by Crippen LogP contribution is 2.29. The summed E-state index contributed by atoms with van der Waals surface area (Å²) in [5, 5.41) is 8.81. The number of nitrogens with two attached hydrogens (primary N) is 1. The van der Waals surface area contributed by atoms with Gasteiger partial charge >= 0.3 is 0 Å². The summed E-state index contributed by atoms with van der Waals surface area (Å²) in [6, 6.07) is 7.51. The second-order valence-corrected chi connectivity index (χ2v) is 8.61. The zero-order chi connectivity index (χ0) is 25.9. The fourth-order valence-corrected chi connectivity index (χ4v) is 4.22. The van der Waals surface area contributed by atoms with Gasteiger partial charge in [0.25, 0.3) is 5.91 Å². The Morgan fingerprint density at radius 3 is 2.49 bits per heavy atom. The van der Waals surface area contributed by atoms with Gasteiger partial charge < -0.3 is 24.8 Å². The highest BCUT2D eigenvalue weighted by atomic mass is 16.5. The smallest absolute Gasteiger partial charge is 0.277 e. The van der Waals surface area contributed by atoms with Crippen molar-refractivity contribution in [2.24, 2.45) is 0 Å². The largest absolute Gasteiger partial charge is 0.399 e. The van der Waals surface area contributed by atoms with Crippen molar-refractivity contribution in [2.75, 3.05) is 48.9 Å². The number of carbonyl (C=O) groups is 1. The minimum atomic E-state index is -0.673. The number of imidazole rings is 1. The molecule has 0 atom stereocenters. The number of hydroxylamine groups is 1. The summed E-state index contributed by atoms with van der Waals surface area (Å²) in [6.07, 6.45) is 2.71. The van der Waals surface area contributed by atoms with Gasteiger partial charge in [-0.15, -0.1) is 0 Å².